The van der Waals surface area contributed by atoms with E-state index < -0.39 is 0 Å². The van der Waals surface area contributed by atoms with Gasteiger partial charge in [0.25, 0.3) is 5.91 Å². The Morgan fingerprint density at radius 3 is 2.70 bits per heavy atom. The maximum atomic E-state index is 12.7. The van der Waals surface area contributed by atoms with Crippen LogP contribution in [0.4, 0.5) is 5.69 Å². The number of carbonyl (C=O) groups excluding carboxylic acids is 1. The third kappa shape index (κ3) is 2.77. The average molecular weight is 358 g/mol. The lowest BCUT2D eigenvalue weighted by Gasteiger charge is -2.06. The molecule has 2 heterocycles. The zero-order valence-corrected chi connectivity index (χ0v) is 14.1. The van der Waals surface area contributed by atoms with Gasteiger partial charge >= 0.3 is 0 Å². The van der Waals surface area contributed by atoms with Gasteiger partial charge in [-0.25, -0.2) is 4.98 Å². The summed E-state index contributed by atoms with van der Waals surface area (Å²) in [5.74, 6) is 1.33. The summed E-state index contributed by atoms with van der Waals surface area (Å²) in [6, 6.07) is 19.1. The van der Waals surface area contributed by atoms with E-state index in [4.69, 9.17) is 13.9 Å². The molecule has 5 rings (SSSR count). The Balaban J connectivity index is 1.46. The number of benzene rings is 3. The van der Waals surface area contributed by atoms with Crippen molar-refractivity contribution in [2.75, 3.05) is 12.1 Å². The Morgan fingerprint density at radius 1 is 0.926 bits per heavy atom. The lowest BCUT2D eigenvalue weighted by atomic mass is 10.0. The second kappa shape index (κ2) is 6.17. The summed E-state index contributed by atoms with van der Waals surface area (Å²) in [5, 5.41) is 5.01. The van der Waals surface area contributed by atoms with Crippen LogP contribution in [0, 0.1) is 0 Å². The van der Waals surface area contributed by atoms with Crippen molar-refractivity contribution in [1.29, 1.82) is 0 Å². The van der Waals surface area contributed by atoms with Crippen molar-refractivity contribution >= 4 is 22.4 Å². The van der Waals surface area contributed by atoms with Gasteiger partial charge in [-0.1, -0.05) is 36.4 Å². The average Bonchev–Trinajstić information content (AvgIpc) is 3.36. The van der Waals surface area contributed by atoms with Gasteiger partial charge in [0.15, 0.2) is 29.3 Å². The topological polar surface area (TPSA) is 73.6 Å². The van der Waals surface area contributed by atoms with E-state index in [1.165, 1.54) is 6.39 Å². The first-order valence-electron chi connectivity index (χ1n) is 8.41. The standard InChI is InChI=1S/C21H14N2O4/c24-21(23-16-7-8-17-18(10-16)27-12-26-17)19-20(25-11-22-19)15-6-5-13-3-1-2-4-14(13)9-15/h1-11H,12H2,(H,23,24). The molecule has 132 valence electrons. The maximum Gasteiger partial charge on any atom is 0.278 e. The molecular formula is C21H14N2O4. The lowest BCUT2D eigenvalue weighted by Crippen LogP contribution is -2.13. The number of hydrogen-bond acceptors (Lipinski definition) is 5. The van der Waals surface area contributed by atoms with Crippen molar-refractivity contribution in [3.05, 3.63) is 72.8 Å². The number of hydrogen-bond donors (Lipinski definition) is 1. The number of nitrogens with one attached hydrogen (secondary N) is 1. The van der Waals surface area contributed by atoms with Gasteiger partial charge in [-0.2, -0.15) is 0 Å². The SMILES string of the molecule is O=C(Nc1ccc2c(c1)OCO2)c1ncoc1-c1ccc2ccccc2c1. The number of rotatable bonds is 3. The minimum atomic E-state index is -0.356. The van der Waals surface area contributed by atoms with Gasteiger partial charge in [0.2, 0.25) is 6.79 Å². The molecule has 1 aliphatic rings. The molecule has 6 nitrogen and oxygen atoms in total. The van der Waals surface area contributed by atoms with E-state index >= 15 is 0 Å². The monoisotopic (exact) mass is 358 g/mol. The van der Waals surface area contributed by atoms with Gasteiger partial charge in [-0.05, 0) is 29.0 Å². The molecule has 0 radical (unpaired) electrons. The molecule has 0 saturated carbocycles. The lowest BCUT2D eigenvalue weighted by molar-refractivity contribution is 0.102. The summed E-state index contributed by atoms with van der Waals surface area (Å²) in [6.07, 6.45) is 1.28. The van der Waals surface area contributed by atoms with Crippen LogP contribution < -0.4 is 14.8 Å². The Kier molecular flexibility index (Phi) is 3.53. The maximum absolute atomic E-state index is 12.7. The van der Waals surface area contributed by atoms with E-state index in [2.05, 4.69) is 10.3 Å². The number of ether oxygens (including phenoxy) is 2. The molecule has 27 heavy (non-hydrogen) atoms. The Hall–Kier alpha value is -3.80. The van der Waals surface area contributed by atoms with Crippen molar-refractivity contribution in [3.63, 3.8) is 0 Å². The summed E-state index contributed by atoms with van der Waals surface area (Å²) >= 11 is 0. The number of anilines is 1. The summed E-state index contributed by atoms with van der Waals surface area (Å²) in [7, 11) is 0. The van der Waals surface area contributed by atoms with Crippen LogP contribution in [0.15, 0.2) is 71.5 Å². The molecule has 4 aromatic rings. The molecule has 0 saturated heterocycles. The number of fused-ring (bicyclic) bond motifs is 2. The van der Waals surface area contributed by atoms with Crippen LogP contribution in [0.5, 0.6) is 11.5 Å². The third-order valence-corrected chi connectivity index (χ3v) is 4.42. The molecular weight excluding hydrogens is 344 g/mol. The van der Waals surface area contributed by atoms with Crippen LogP contribution in [0.3, 0.4) is 0 Å². The molecule has 1 aromatic heterocycles. The van der Waals surface area contributed by atoms with Gasteiger partial charge in [0, 0.05) is 17.3 Å². The Labute approximate surface area is 154 Å². The van der Waals surface area contributed by atoms with E-state index in [9.17, 15) is 4.79 Å². The summed E-state index contributed by atoms with van der Waals surface area (Å²) in [6.45, 7) is 0.183. The summed E-state index contributed by atoms with van der Waals surface area (Å²) in [4.78, 5) is 16.8. The predicted octanol–water partition coefficient (Wildman–Crippen LogP) is 4.48. The van der Waals surface area contributed by atoms with Crippen molar-refractivity contribution in [2.24, 2.45) is 0 Å². The van der Waals surface area contributed by atoms with Crippen LogP contribution in [0.1, 0.15) is 10.5 Å². The minimum absolute atomic E-state index is 0.183. The van der Waals surface area contributed by atoms with Crippen LogP contribution in [0.25, 0.3) is 22.1 Å². The molecule has 6 heteroatoms. The minimum Gasteiger partial charge on any atom is -0.454 e. The summed E-state index contributed by atoms with van der Waals surface area (Å²) in [5.41, 5.74) is 1.61. The van der Waals surface area contributed by atoms with E-state index in [1.807, 2.05) is 42.5 Å². The number of carbonyl (C=O) groups is 1. The van der Waals surface area contributed by atoms with Gasteiger partial charge in [-0.3, -0.25) is 4.79 Å². The second-order valence-electron chi connectivity index (χ2n) is 6.11. The van der Waals surface area contributed by atoms with Gasteiger partial charge in [-0.15, -0.1) is 0 Å². The molecule has 1 N–H and O–H groups in total. The van der Waals surface area contributed by atoms with Gasteiger partial charge < -0.3 is 19.2 Å². The highest BCUT2D eigenvalue weighted by atomic mass is 16.7. The fourth-order valence-electron chi connectivity index (χ4n) is 3.11. The molecule has 0 bridgehead atoms. The van der Waals surface area contributed by atoms with Crippen molar-refractivity contribution in [2.45, 2.75) is 0 Å². The molecule has 0 spiro atoms. The van der Waals surface area contributed by atoms with Gasteiger partial charge in [0.1, 0.15) is 0 Å². The van der Waals surface area contributed by atoms with E-state index in [0.717, 1.165) is 16.3 Å². The fourth-order valence-corrected chi connectivity index (χ4v) is 3.11. The Morgan fingerprint density at radius 2 is 1.78 bits per heavy atom. The van der Waals surface area contributed by atoms with E-state index in [-0.39, 0.29) is 18.4 Å². The van der Waals surface area contributed by atoms with Crippen molar-refractivity contribution in [3.8, 4) is 22.8 Å². The van der Waals surface area contributed by atoms with Crippen LogP contribution in [-0.4, -0.2) is 17.7 Å². The number of amides is 1. The predicted molar refractivity (Wildman–Crippen MR) is 100.0 cm³/mol. The molecule has 3 aromatic carbocycles. The second-order valence-corrected chi connectivity index (χ2v) is 6.11. The zero-order chi connectivity index (χ0) is 18.2. The van der Waals surface area contributed by atoms with E-state index in [1.54, 1.807) is 18.2 Å². The highest BCUT2D eigenvalue weighted by Gasteiger charge is 2.20. The van der Waals surface area contributed by atoms with Crippen molar-refractivity contribution in [1.82, 2.24) is 4.98 Å². The first-order chi connectivity index (χ1) is 13.3. The van der Waals surface area contributed by atoms with Crippen molar-refractivity contribution < 1.29 is 18.7 Å². The molecule has 0 aliphatic carbocycles. The molecule has 0 fully saturated rings. The Bertz CT molecular complexity index is 1170. The molecule has 1 aliphatic heterocycles. The number of nitrogens with zero attached hydrogens (tertiary/aromatic N) is 1. The van der Waals surface area contributed by atoms with Crippen LogP contribution in [0.2, 0.25) is 0 Å². The number of oxazole rings is 1. The van der Waals surface area contributed by atoms with Crippen LogP contribution >= 0.6 is 0 Å². The molecule has 1 amide bonds. The first-order valence-corrected chi connectivity index (χ1v) is 8.41. The smallest absolute Gasteiger partial charge is 0.278 e. The normalized spacial score (nSPS) is 12.3. The highest BCUT2D eigenvalue weighted by Crippen LogP contribution is 2.34. The summed E-state index contributed by atoms with van der Waals surface area (Å²) < 4.78 is 16.1. The van der Waals surface area contributed by atoms with E-state index in [0.29, 0.717) is 22.9 Å². The quantitative estimate of drug-likeness (QED) is 0.585. The molecule has 0 atom stereocenters. The highest BCUT2D eigenvalue weighted by molar-refractivity contribution is 6.06. The fraction of sp³-hybridized carbons (Fsp3) is 0.0476. The van der Waals surface area contributed by atoms with Gasteiger partial charge in [0.05, 0.1) is 0 Å². The molecule has 0 unspecified atom stereocenters. The largest absolute Gasteiger partial charge is 0.454 e. The zero-order valence-electron chi connectivity index (χ0n) is 14.1. The van der Waals surface area contributed by atoms with Crippen LogP contribution in [-0.2, 0) is 0 Å². The third-order valence-electron chi connectivity index (χ3n) is 4.42. The number of aromatic nitrogens is 1. The first kappa shape index (κ1) is 15.5.